The van der Waals surface area contributed by atoms with Gasteiger partial charge in [-0.1, -0.05) is 5.16 Å². The number of thiazole rings is 1. The smallest absolute Gasteiger partial charge is 0.238 e. The Morgan fingerprint density at radius 2 is 2.16 bits per heavy atom. The van der Waals surface area contributed by atoms with Crippen LogP contribution in [0, 0.1) is 12.7 Å². The van der Waals surface area contributed by atoms with Gasteiger partial charge in [-0.25, -0.2) is 9.37 Å². The number of carbonyl (C=O) groups is 1. The molecule has 25 heavy (non-hydrogen) atoms. The van der Waals surface area contributed by atoms with Crippen molar-refractivity contribution in [3.8, 4) is 10.6 Å². The molecular formula is C17H16FN3O2S2. The van der Waals surface area contributed by atoms with Crippen LogP contribution in [0.25, 0.3) is 10.6 Å². The van der Waals surface area contributed by atoms with Crippen molar-refractivity contribution in [2.24, 2.45) is 0 Å². The predicted octanol–water partition coefficient (Wildman–Crippen LogP) is 4.51. The first-order valence-electron chi connectivity index (χ1n) is 7.57. The van der Waals surface area contributed by atoms with E-state index in [9.17, 15) is 9.18 Å². The summed E-state index contributed by atoms with van der Waals surface area (Å²) >= 11 is 2.99. The van der Waals surface area contributed by atoms with E-state index in [1.165, 1.54) is 35.2 Å². The lowest BCUT2D eigenvalue weighted by Crippen LogP contribution is -2.22. The average molecular weight is 377 g/mol. The van der Waals surface area contributed by atoms with Crippen LogP contribution < -0.4 is 5.32 Å². The molecule has 5 nitrogen and oxygen atoms in total. The van der Waals surface area contributed by atoms with Gasteiger partial charge in [0.2, 0.25) is 5.91 Å². The van der Waals surface area contributed by atoms with E-state index in [1.54, 1.807) is 25.1 Å². The number of nitrogens with zero attached hydrogens (tertiary/aromatic N) is 2. The fraction of sp³-hybridized carbons (Fsp3) is 0.235. The maximum atomic E-state index is 13.0. The number of anilines is 1. The molecule has 0 saturated carbocycles. The van der Waals surface area contributed by atoms with E-state index < -0.39 is 0 Å². The van der Waals surface area contributed by atoms with Gasteiger partial charge in [0.25, 0.3) is 0 Å². The van der Waals surface area contributed by atoms with Crippen LogP contribution in [0.15, 0.2) is 40.2 Å². The van der Waals surface area contributed by atoms with Gasteiger partial charge < -0.3 is 9.84 Å². The maximum absolute atomic E-state index is 13.0. The number of rotatable bonds is 6. The first kappa shape index (κ1) is 17.6. The molecule has 2 aromatic heterocycles. The summed E-state index contributed by atoms with van der Waals surface area (Å²) < 4.78 is 17.9. The van der Waals surface area contributed by atoms with Crippen molar-refractivity contribution in [2.75, 3.05) is 5.32 Å². The Morgan fingerprint density at radius 1 is 1.40 bits per heavy atom. The monoisotopic (exact) mass is 377 g/mol. The zero-order valence-corrected chi connectivity index (χ0v) is 15.3. The Bertz CT molecular complexity index is 861. The van der Waals surface area contributed by atoms with Crippen LogP contribution in [0.1, 0.15) is 18.4 Å². The summed E-state index contributed by atoms with van der Waals surface area (Å²) in [5.41, 5.74) is 1.78. The molecule has 0 radical (unpaired) electrons. The number of amides is 1. The van der Waals surface area contributed by atoms with Crippen molar-refractivity contribution in [1.29, 1.82) is 0 Å². The SMILES string of the molecule is Cc1cc(NC(=O)C(C)SCc2csc(-c3ccc(F)cc3)n2)no1. The summed E-state index contributed by atoms with van der Waals surface area (Å²) in [6.07, 6.45) is 0. The second-order valence-electron chi connectivity index (χ2n) is 5.42. The number of aryl methyl sites for hydroxylation is 1. The highest BCUT2D eigenvalue weighted by Crippen LogP contribution is 2.27. The van der Waals surface area contributed by atoms with Crippen LogP contribution >= 0.6 is 23.1 Å². The zero-order chi connectivity index (χ0) is 17.8. The molecule has 0 fully saturated rings. The Labute approximate surface area is 152 Å². The van der Waals surface area contributed by atoms with Gasteiger partial charge in [-0.15, -0.1) is 23.1 Å². The summed E-state index contributed by atoms with van der Waals surface area (Å²) in [5, 5.41) is 9.00. The molecule has 3 rings (SSSR count). The summed E-state index contributed by atoms with van der Waals surface area (Å²) in [4.78, 5) is 16.7. The van der Waals surface area contributed by atoms with Crippen molar-refractivity contribution in [2.45, 2.75) is 24.9 Å². The van der Waals surface area contributed by atoms with Gasteiger partial charge in [-0.2, -0.15) is 0 Å². The van der Waals surface area contributed by atoms with Gasteiger partial charge in [0.05, 0.1) is 10.9 Å². The highest BCUT2D eigenvalue weighted by atomic mass is 32.2. The molecule has 1 aromatic carbocycles. The summed E-state index contributed by atoms with van der Waals surface area (Å²) in [6.45, 7) is 3.60. The first-order valence-corrected chi connectivity index (χ1v) is 9.50. The molecule has 1 atom stereocenters. The minimum Gasteiger partial charge on any atom is -0.360 e. The number of aromatic nitrogens is 2. The zero-order valence-electron chi connectivity index (χ0n) is 13.7. The lowest BCUT2D eigenvalue weighted by molar-refractivity contribution is -0.115. The molecule has 0 saturated heterocycles. The van der Waals surface area contributed by atoms with Gasteiger partial charge in [-0.05, 0) is 38.1 Å². The van der Waals surface area contributed by atoms with Crippen LogP contribution in [0.3, 0.4) is 0 Å². The van der Waals surface area contributed by atoms with E-state index in [-0.39, 0.29) is 17.0 Å². The molecule has 2 heterocycles. The van der Waals surface area contributed by atoms with Gasteiger partial charge in [0.1, 0.15) is 16.6 Å². The number of halogens is 1. The van der Waals surface area contributed by atoms with Crippen molar-refractivity contribution >= 4 is 34.8 Å². The minimum absolute atomic E-state index is 0.132. The maximum Gasteiger partial charge on any atom is 0.238 e. The normalized spacial score (nSPS) is 12.1. The van der Waals surface area contributed by atoms with E-state index in [4.69, 9.17) is 4.52 Å². The summed E-state index contributed by atoms with van der Waals surface area (Å²) in [7, 11) is 0. The average Bonchev–Trinajstić information content (AvgIpc) is 3.22. The number of hydrogen-bond donors (Lipinski definition) is 1. The minimum atomic E-state index is -0.266. The van der Waals surface area contributed by atoms with Crippen molar-refractivity contribution in [3.05, 3.63) is 53.0 Å². The number of thioether (sulfide) groups is 1. The molecule has 0 spiro atoms. The molecular weight excluding hydrogens is 361 g/mol. The largest absolute Gasteiger partial charge is 0.360 e. The standard InChI is InChI=1S/C17H16FN3O2S2/c1-10-7-15(21-23-10)20-16(22)11(2)24-8-14-9-25-17(19-14)12-3-5-13(18)6-4-12/h3-7,9,11H,8H2,1-2H3,(H,20,21,22). The highest BCUT2D eigenvalue weighted by Gasteiger charge is 2.16. The van der Waals surface area contributed by atoms with Crippen LogP contribution in [0.5, 0.6) is 0 Å². The highest BCUT2D eigenvalue weighted by molar-refractivity contribution is 7.99. The molecule has 0 aliphatic rings. The molecule has 3 aromatic rings. The Hall–Kier alpha value is -2.19. The van der Waals surface area contributed by atoms with Gasteiger partial charge in [0.15, 0.2) is 5.82 Å². The number of benzene rings is 1. The molecule has 1 unspecified atom stereocenters. The second kappa shape index (κ2) is 7.79. The molecule has 0 aliphatic carbocycles. The molecule has 1 N–H and O–H groups in total. The van der Waals surface area contributed by atoms with Crippen LogP contribution in [0.2, 0.25) is 0 Å². The Balaban J connectivity index is 1.54. The van der Waals surface area contributed by atoms with E-state index in [0.29, 0.717) is 17.3 Å². The van der Waals surface area contributed by atoms with Crippen molar-refractivity contribution < 1.29 is 13.7 Å². The number of nitrogens with one attached hydrogen (secondary N) is 1. The third-order valence-corrected chi connectivity index (χ3v) is 5.49. The number of hydrogen-bond acceptors (Lipinski definition) is 6. The molecule has 130 valence electrons. The van der Waals surface area contributed by atoms with Crippen molar-refractivity contribution in [3.63, 3.8) is 0 Å². The summed E-state index contributed by atoms with van der Waals surface area (Å²) in [6, 6.07) is 7.93. The van der Waals surface area contributed by atoms with E-state index in [1.807, 2.05) is 12.3 Å². The number of carbonyl (C=O) groups excluding carboxylic acids is 1. The Morgan fingerprint density at radius 3 is 2.84 bits per heavy atom. The Kier molecular flexibility index (Phi) is 5.50. The lowest BCUT2D eigenvalue weighted by Gasteiger charge is -2.09. The first-order chi connectivity index (χ1) is 12.0. The topological polar surface area (TPSA) is 68.0 Å². The van der Waals surface area contributed by atoms with E-state index in [0.717, 1.165) is 16.3 Å². The fourth-order valence-corrected chi connectivity index (χ4v) is 3.75. The third-order valence-electron chi connectivity index (χ3n) is 3.37. The molecule has 8 heteroatoms. The van der Waals surface area contributed by atoms with Crippen molar-refractivity contribution in [1.82, 2.24) is 10.1 Å². The van der Waals surface area contributed by atoms with Gasteiger partial charge in [-0.3, -0.25) is 4.79 Å². The quantitative estimate of drug-likeness (QED) is 0.685. The molecule has 0 bridgehead atoms. The van der Waals surface area contributed by atoms with E-state index >= 15 is 0 Å². The van der Waals surface area contributed by atoms with Crippen LogP contribution in [0.4, 0.5) is 10.2 Å². The van der Waals surface area contributed by atoms with Gasteiger partial charge in [0, 0.05) is 22.8 Å². The van der Waals surface area contributed by atoms with Gasteiger partial charge >= 0.3 is 0 Å². The predicted molar refractivity (Wildman–Crippen MR) is 98.1 cm³/mol. The van der Waals surface area contributed by atoms with E-state index in [2.05, 4.69) is 15.5 Å². The van der Waals surface area contributed by atoms with Crippen LogP contribution in [-0.2, 0) is 10.5 Å². The third kappa shape index (κ3) is 4.67. The fourth-order valence-electron chi connectivity index (χ4n) is 2.04. The second-order valence-corrected chi connectivity index (χ2v) is 7.60. The van der Waals surface area contributed by atoms with Crippen LogP contribution in [-0.4, -0.2) is 21.3 Å². The molecule has 1 amide bonds. The summed E-state index contributed by atoms with van der Waals surface area (Å²) in [5.74, 6) is 1.28. The molecule has 0 aliphatic heterocycles. The lowest BCUT2D eigenvalue weighted by atomic mass is 10.2.